The Morgan fingerprint density at radius 3 is 2.08 bits per heavy atom. The van der Waals surface area contributed by atoms with Crippen molar-refractivity contribution in [3.05, 3.63) is 54.6 Å². The van der Waals surface area contributed by atoms with Crippen molar-refractivity contribution in [1.82, 2.24) is 0 Å². The average Bonchev–Trinajstić information content (AvgIpc) is 2.60. The molecule has 0 aliphatic rings. The van der Waals surface area contributed by atoms with Gasteiger partial charge in [-0.05, 0) is 23.7 Å². The maximum absolute atomic E-state index is 11.6. The molecule has 0 radical (unpaired) electrons. The first-order chi connectivity index (χ1) is 12.3. The van der Waals surface area contributed by atoms with Crippen molar-refractivity contribution in [2.75, 3.05) is 0 Å². The van der Waals surface area contributed by atoms with Gasteiger partial charge in [-0.2, -0.15) is 13.5 Å². The molecular formula is C16H13BN2O6S. The lowest BCUT2D eigenvalue weighted by molar-refractivity contribution is 0.425. The molecule has 4 N–H and O–H groups in total. The molecule has 0 saturated heterocycles. The predicted molar refractivity (Wildman–Crippen MR) is 95.9 cm³/mol. The van der Waals surface area contributed by atoms with E-state index < -0.39 is 22.1 Å². The summed E-state index contributed by atoms with van der Waals surface area (Å²) in [4.78, 5) is -0.390. The minimum absolute atomic E-state index is 0.136. The Hall–Kier alpha value is -2.79. The molecule has 3 rings (SSSR count). The summed E-state index contributed by atoms with van der Waals surface area (Å²) in [7, 11) is -6.14. The zero-order chi connectivity index (χ0) is 18.9. The molecule has 132 valence electrons. The zero-order valence-electron chi connectivity index (χ0n) is 13.2. The van der Waals surface area contributed by atoms with Gasteiger partial charge in [-0.15, -0.1) is 5.11 Å². The summed E-state index contributed by atoms with van der Waals surface area (Å²) < 4.78 is 32.7. The number of hydrogen-bond acceptors (Lipinski definition) is 7. The molecular weight excluding hydrogens is 359 g/mol. The molecule has 26 heavy (non-hydrogen) atoms. The first-order valence-corrected chi connectivity index (χ1v) is 8.81. The van der Waals surface area contributed by atoms with Gasteiger partial charge in [0.2, 0.25) is 0 Å². The fourth-order valence-electron chi connectivity index (χ4n) is 2.43. The van der Waals surface area contributed by atoms with E-state index in [2.05, 4.69) is 10.2 Å². The van der Waals surface area contributed by atoms with Crippen molar-refractivity contribution in [2.24, 2.45) is 10.2 Å². The number of phenolic OH excluding ortho intramolecular Hbond substituents is 1. The molecule has 0 aliphatic carbocycles. The van der Waals surface area contributed by atoms with Gasteiger partial charge in [0.25, 0.3) is 10.1 Å². The first kappa shape index (κ1) is 18.0. The van der Waals surface area contributed by atoms with Gasteiger partial charge in [-0.1, -0.05) is 36.4 Å². The highest BCUT2D eigenvalue weighted by Crippen LogP contribution is 2.39. The van der Waals surface area contributed by atoms with Crippen LogP contribution < -0.4 is 5.46 Å². The average molecular weight is 372 g/mol. The Bertz CT molecular complexity index is 1100. The van der Waals surface area contributed by atoms with Gasteiger partial charge in [-0.25, -0.2) is 0 Å². The molecule has 0 heterocycles. The van der Waals surface area contributed by atoms with Crippen molar-refractivity contribution in [3.63, 3.8) is 0 Å². The van der Waals surface area contributed by atoms with E-state index in [-0.39, 0.29) is 27.7 Å². The van der Waals surface area contributed by atoms with Gasteiger partial charge in [-0.3, -0.25) is 4.55 Å². The van der Waals surface area contributed by atoms with Gasteiger partial charge in [0.15, 0.2) is 5.75 Å². The molecule has 0 aliphatic heterocycles. The highest BCUT2D eigenvalue weighted by molar-refractivity contribution is 7.86. The summed E-state index contributed by atoms with van der Waals surface area (Å²) in [6, 6.07) is 13.0. The number of hydrogen-bond donors (Lipinski definition) is 4. The summed E-state index contributed by atoms with van der Waals surface area (Å²) in [6.07, 6.45) is 0. The number of azo groups is 1. The van der Waals surface area contributed by atoms with Crippen molar-refractivity contribution in [3.8, 4) is 5.75 Å². The summed E-state index contributed by atoms with van der Waals surface area (Å²) in [5, 5.41) is 36.6. The van der Waals surface area contributed by atoms with Crippen molar-refractivity contribution in [2.45, 2.75) is 4.90 Å². The quantitative estimate of drug-likeness (QED) is 0.313. The highest BCUT2D eigenvalue weighted by atomic mass is 32.2. The minimum atomic E-state index is -4.54. The molecule has 0 unspecified atom stereocenters. The maximum Gasteiger partial charge on any atom is 0.488 e. The Morgan fingerprint density at radius 1 is 0.885 bits per heavy atom. The SMILES string of the molecule is O=S(=O)(O)c1cc(N=Nc2ccc(B(O)O)cc2)c(O)c2ccccc12. The third kappa shape index (κ3) is 3.58. The number of rotatable bonds is 4. The summed E-state index contributed by atoms with van der Waals surface area (Å²) in [6.45, 7) is 0. The topological polar surface area (TPSA) is 140 Å². The smallest absolute Gasteiger partial charge is 0.488 e. The van der Waals surface area contributed by atoms with E-state index in [4.69, 9.17) is 10.0 Å². The molecule has 0 fully saturated rings. The second-order valence-electron chi connectivity index (χ2n) is 5.43. The van der Waals surface area contributed by atoms with Crippen LogP contribution in [0.2, 0.25) is 0 Å². The Balaban J connectivity index is 2.09. The number of benzene rings is 3. The Morgan fingerprint density at radius 2 is 1.50 bits per heavy atom. The predicted octanol–water partition coefficient (Wildman–Crippen LogP) is 1.89. The minimum Gasteiger partial charge on any atom is -0.505 e. The van der Waals surface area contributed by atoms with Crippen LogP contribution in [0.1, 0.15) is 0 Å². The van der Waals surface area contributed by atoms with E-state index in [1.807, 2.05) is 0 Å². The van der Waals surface area contributed by atoms with Gasteiger partial charge in [0.05, 0.1) is 5.69 Å². The van der Waals surface area contributed by atoms with Crippen molar-refractivity contribution < 1.29 is 28.1 Å². The second-order valence-corrected chi connectivity index (χ2v) is 6.82. The summed E-state index contributed by atoms with van der Waals surface area (Å²) in [5.41, 5.74) is 0.476. The molecule has 3 aromatic carbocycles. The van der Waals surface area contributed by atoms with E-state index >= 15 is 0 Å². The number of nitrogens with zero attached hydrogens (tertiary/aromatic N) is 2. The lowest BCUT2D eigenvalue weighted by atomic mass is 9.80. The van der Waals surface area contributed by atoms with Gasteiger partial charge < -0.3 is 15.2 Å². The van der Waals surface area contributed by atoms with E-state index in [1.165, 1.54) is 36.4 Å². The Kier molecular flexibility index (Phi) is 4.74. The number of phenols is 1. The highest BCUT2D eigenvalue weighted by Gasteiger charge is 2.19. The molecule has 10 heteroatoms. The summed E-state index contributed by atoms with van der Waals surface area (Å²) in [5.74, 6) is -0.279. The van der Waals surface area contributed by atoms with Crippen LogP contribution in [0, 0.1) is 0 Å². The van der Waals surface area contributed by atoms with E-state index in [1.54, 1.807) is 12.1 Å². The standard InChI is InChI=1S/C16H13BN2O6S/c20-16-13-4-2-1-3-12(13)15(26(23,24)25)9-14(16)19-18-11-7-5-10(6-8-11)17(21)22/h1-9,20-22H,(H,23,24,25). The van der Waals surface area contributed by atoms with Crippen molar-refractivity contribution in [1.29, 1.82) is 0 Å². The second kappa shape index (κ2) is 6.85. The monoisotopic (exact) mass is 372 g/mol. The largest absolute Gasteiger partial charge is 0.505 e. The molecule has 0 saturated carbocycles. The fraction of sp³-hybridized carbons (Fsp3) is 0. The maximum atomic E-state index is 11.6. The van der Waals surface area contributed by atoms with Crippen LogP contribution in [0.15, 0.2) is 69.7 Å². The molecule has 0 atom stereocenters. The first-order valence-electron chi connectivity index (χ1n) is 7.37. The van der Waals surface area contributed by atoms with Crippen LogP contribution in [0.5, 0.6) is 5.75 Å². The number of fused-ring (bicyclic) bond motifs is 1. The van der Waals surface area contributed by atoms with E-state index in [0.717, 1.165) is 6.07 Å². The molecule has 0 amide bonds. The van der Waals surface area contributed by atoms with Gasteiger partial charge in [0, 0.05) is 10.8 Å². The third-order valence-corrected chi connectivity index (χ3v) is 4.59. The van der Waals surface area contributed by atoms with Crippen molar-refractivity contribution >= 4 is 44.8 Å². The molecule has 0 spiro atoms. The zero-order valence-corrected chi connectivity index (χ0v) is 14.0. The van der Waals surface area contributed by atoms with Crippen LogP contribution in [0.3, 0.4) is 0 Å². The summed E-state index contributed by atoms with van der Waals surface area (Å²) >= 11 is 0. The van der Waals surface area contributed by atoms with Crippen LogP contribution in [0.25, 0.3) is 10.8 Å². The van der Waals surface area contributed by atoms with E-state index in [9.17, 15) is 18.1 Å². The fourth-order valence-corrected chi connectivity index (χ4v) is 3.14. The van der Waals surface area contributed by atoms with Crippen LogP contribution in [-0.4, -0.2) is 35.2 Å². The molecule has 8 nitrogen and oxygen atoms in total. The third-order valence-electron chi connectivity index (χ3n) is 3.70. The van der Waals surface area contributed by atoms with Gasteiger partial charge in [0.1, 0.15) is 10.6 Å². The van der Waals surface area contributed by atoms with Crippen LogP contribution >= 0.6 is 0 Å². The number of aromatic hydroxyl groups is 1. The van der Waals surface area contributed by atoms with E-state index in [0.29, 0.717) is 5.69 Å². The van der Waals surface area contributed by atoms with Gasteiger partial charge >= 0.3 is 7.12 Å². The lowest BCUT2D eigenvalue weighted by Crippen LogP contribution is -2.29. The van der Waals surface area contributed by atoms with Crippen LogP contribution in [0.4, 0.5) is 11.4 Å². The normalized spacial score (nSPS) is 12.0. The van der Waals surface area contributed by atoms with Crippen LogP contribution in [-0.2, 0) is 10.1 Å². The lowest BCUT2D eigenvalue weighted by Gasteiger charge is -2.08. The molecule has 0 aromatic heterocycles. The Labute approximate surface area is 149 Å². The molecule has 3 aromatic rings. The molecule has 0 bridgehead atoms.